The van der Waals surface area contributed by atoms with Gasteiger partial charge in [-0.1, -0.05) is 6.07 Å². The summed E-state index contributed by atoms with van der Waals surface area (Å²) >= 11 is 0. The van der Waals surface area contributed by atoms with Gasteiger partial charge in [-0.15, -0.1) is 0 Å². The Labute approximate surface area is 87.7 Å². The van der Waals surface area contributed by atoms with E-state index < -0.39 is 0 Å². The van der Waals surface area contributed by atoms with Crippen LogP contribution in [0.3, 0.4) is 0 Å². The number of hydrogen-bond acceptors (Lipinski definition) is 2. The van der Waals surface area contributed by atoms with Gasteiger partial charge in [-0.3, -0.25) is 0 Å². The Balaban J connectivity index is 2.67. The quantitative estimate of drug-likeness (QED) is 0.832. The van der Waals surface area contributed by atoms with Gasteiger partial charge in [0.1, 0.15) is 11.3 Å². The van der Waals surface area contributed by atoms with Crippen LogP contribution >= 0.6 is 0 Å². The summed E-state index contributed by atoms with van der Waals surface area (Å²) in [4.78, 5) is 4.28. The van der Waals surface area contributed by atoms with Gasteiger partial charge in [-0.05, 0) is 25.6 Å². The van der Waals surface area contributed by atoms with Crippen molar-refractivity contribution in [3.8, 4) is 0 Å². The minimum atomic E-state index is -0.266. The van der Waals surface area contributed by atoms with E-state index in [0.717, 1.165) is 17.9 Å². The van der Waals surface area contributed by atoms with Crippen LogP contribution in [0.25, 0.3) is 11.0 Å². The molecule has 0 atom stereocenters. The maximum absolute atomic E-state index is 13.4. The highest BCUT2D eigenvalue weighted by atomic mass is 19.1. The third-order valence-corrected chi connectivity index (χ3v) is 2.49. The molecule has 0 aliphatic rings. The summed E-state index contributed by atoms with van der Waals surface area (Å²) in [7, 11) is 0. The van der Waals surface area contributed by atoms with Crippen molar-refractivity contribution in [2.75, 3.05) is 6.54 Å². The normalized spacial score (nSPS) is 11.1. The van der Waals surface area contributed by atoms with E-state index in [0.29, 0.717) is 18.5 Å². The molecule has 0 saturated carbocycles. The number of rotatable bonds is 3. The second-order valence-corrected chi connectivity index (χ2v) is 3.42. The Morgan fingerprint density at radius 1 is 1.47 bits per heavy atom. The van der Waals surface area contributed by atoms with Gasteiger partial charge in [0.15, 0.2) is 5.82 Å². The first kappa shape index (κ1) is 10.1. The van der Waals surface area contributed by atoms with Gasteiger partial charge < -0.3 is 10.3 Å². The number of nitrogens with two attached hydrogens (primary N) is 1. The Bertz CT molecular complexity index is 476. The van der Waals surface area contributed by atoms with Crippen LogP contribution < -0.4 is 5.73 Å². The van der Waals surface area contributed by atoms with Crippen LogP contribution in [0, 0.1) is 5.82 Å². The number of hydrogen-bond donors (Lipinski definition) is 1. The predicted molar refractivity (Wildman–Crippen MR) is 58.1 cm³/mol. The van der Waals surface area contributed by atoms with Crippen LogP contribution in [-0.2, 0) is 13.0 Å². The number of imidazole rings is 1. The maximum atomic E-state index is 13.4. The zero-order chi connectivity index (χ0) is 10.8. The van der Waals surface area contributed by atoms with E-state index in [1.807, 2.05) is 17.6 Å². The molecule has 1 aromatic carbocycles. The van der Waals surface area contributed by atoms with E-state index in [9.17, 15) is 4.39 Å². The first-order valence-corrected chi connectivity index (χ1v) is 5.11. The molecule has 0 aliphatic carbocycles. The number of aryl methyl sites for hydroxylation is 1. The maximum Gasteiger partial charge on any atom is 0.151 e. The summed E-state index contributed by atoms with van der Waals surface area (Å²) in [5.74, 6) is 0.595. The van der Waals surface area contributed by atoms with Gasteiger partial charge in [0.05, 0.1) is 5.52 Å². The van der Waals surface area contributed by atoms with Gasteiger partial charge in [0.2, 0.25) is 0 Å². The summed E-state index contributed by atoms with van der Waals surface area (Å²) in [5.41, 5.74) is 6.79. The molecule has 3 nitrogen and oxygen atoms in total. The van der Waals surface area contributed by atoms with Crippen LogP contribution in [0.2, 0.25) is 0 Å². The molecule has 80 valence electrons. The van der Waals surface area contributed by atoms with Crippen LogP contribution in [0.1, 0.15) is 12.7 Å². The molecule has 2 aromatic rings. The lowest BCUT2D eigenvalue weighted by Crippen LogP contribution is -2.09. The number of fused-ring (bicyclic) bond motifs is 1. The van der Waals surface area contributed by atoms with Gasteiger partial charge in [-0.2, -0.15) is 0 Å². The molecular weight excluding hydrogens is 193 g/mol. The smallest absolute Gasteiger partial charge is 0.151 e. The topological polar surface area (TPSA) is 43.8 Å². The SMILES string of the molecule is CCn1c(CCN)nc2c(F)cccc21. The van der Waals surface area contributed by atoms with Crippen molar-refractivity contribution < 1.29 is 4.39 Å². The number of para-hydroxylation sites is 1. The fourth-order valence-electron chi connectivity index (χ4n) is 1.83. The number of benzene rings is 1. The molecule has 4 heteroatoms. The fourth-order valence-corrected chi connectivity index (χ4v) is 1.83. The van der Waals surface area contributed by atoms with Crippen LogP contribution in [-0.4, -0.2) is 16.1 Å². The third kappa shape index (κ3) is 1.61. The average molecular weight is 207 g/mol. The molecule has 2 rings (SSSR count). The Hall–Kier alpha value is -1.42. The highest BCUT2D eigenvalue weighted by molar-refractivity contribution is 5.76. The third-order valence-electron chi connectivity index (χ3n) is 2.49. The molecule has 0 amide bonds. The van der Waals surface area contributed by atoms with Crippen molar-refractivity contribution in [2.45, 2.75) is 19.9 Å². The van der Waals surface area contributed by atoms with Gasteiger partial charge >= 0.3 is 0 Å². The van der Waals surface area contributed by atoms with Crippen LogP contribution in [0.4, 0.5) is 4.39 Å². The zero-order valence-electron chi connectivity index (χ0n) is 8.70. The molecule has 0 fully saturated rings. The van der Waals surface area contributed by atoms with Crippen molar-refractivity contribution in [1.82, 2.24) is 9.55 Å². The molecule has 0 unspecified atom stereocenters. The van der Waals surface area contributed by atoms with Crippen LogP contribution in [0.15, 0.2) is 18.2 Å². The Kier molecular flexibility index (Phi) is 2.68. The molecule has 0 spiro atoms. The van der Waals surface area contributed by atoms with Gasteiger partial charge in [0, 0.05) is 13.0 Å². The predicted octanol–water partition coefficient (Wildman–Crippen LogP) is 1.70. The first-order valence-electron chi connectivity index (χ1n) is 5.11. The Morgan fingerprint density at radius 3 is 2.93 bits per heavy atom. The van der Waals surface area contributed by atoms with Crippen molar-refractivity contribution in [1.29, 1.82) is 0 Å². The van der Waals surface area contributed by atoms with E-state index in [1.54, 1.807) is 6.07 Å². The van der Waals surface area contributed by atoms with Gasteiger partial charge in [-0.25, -0.2) is 9.37 Å². The standard InChI is InChI=1S/C11H14FN3/c1-2-15-9-5-3-4-8(12)11(9)14-10(15)6-7-13/h3-5H,2,6-7,13H2,1H3. The van der Waals surface area contributed by atoms with Crippen molar-refractivity contribution in [3.63, 3.8) is 0 Å². The lowest BCUT2D eigenvalue weighted by Gasteiger charge is -2.03. The molecule has 1 heterocycles. The molecule has 15 heavy (non-hydrogen) atoms. The summed E-state index contributed by atoms with van der Waals surface area (Å²) in [5, 5.41) is 0. The monoisotopic (exact) mass is 207 g/mol. The van der Waals surface area contributed by atoms with Crippen molar-refractivity contribution in [3.05, 3.63) is 29.8 Å². The largest absolute Gasteiger partial charge is 0.330 e. The average Bonchev–Trinajstić information content (AvgIpc) is 2.58. The van der Waals surface area contributed by atoms with E-state index in [-0.39, 0.29) is 5.82 Å². The molecule has 0 aliphatic heterocycles. The molecule has 0 bridgehead atoms. The van der Waals surface area contributed by atoms with E-state index in [4.69, 9.17) is 5.73 Å². The summed E-state index contributed by atoms with van der Waals surface area (Å²) < 4.78 is 15.5. The minimum Gasteiger partial charge on any atom is -0.330 e. The zero-order valence-corrected chi connectivity index (χ0v) is 8.70. The second-order valence-electron chi connectivity index (χ2n) is 3.42. The van der Waals surface area contributed by atoms with Crippen molar-refractivity contribution >= 4 is 11.0 Å². The number of nitrogens with zero attached hydrogens (tertiary/aromatic N) is 2. The van der Waals surface area contributed by atoms with E-state index >= 15 is 0 Å². The van der Waals surface area contributed by atoms with Gasteiger partial charge in [0.25, 0.3) is 0 Å². The number of aromatic nitrogens is 2. The first-order chi connectivity index (χ1) is 7.27. The molecular formula is C11H14FN3. The number of halogens is 1. The van der Waals surface area contributed by atoms with E-state index in [1.165, 1.54) is 6.07 Å². The Morgan fingerprint density at radius 2 is 2.27 bits per heavy atom. The van der Waals surface area contributed by atoms with Crippen molar-refractivity contribution in [2.24, 2.45) is 5.73 Å². The lowest BCUT2D eigenvalue weighted by atomic mass is 10.3. The molecule has 2 N–H and O–H groups in total. The highest BCUT2D eigenvalue weighted by Crippen LogP contribution is 2.19. The summed E-state index contributed by atoms with van der Waals surface area (Å²) in [6.07, 6.45) is 0.683. The minimum absolute atomic E-state index is 0.266. The summed E-state index contributed by atoms with van der Waals surface area (Å²) in [6.45, 7) is 3.34. The lowest BCUT2D eigenvalue weighted by molar-refractivity contribution is 0.637. The fraction of sp³-hybridized carbons (Fsp3) is 0.364. The molecule has 0 radical (unpaired) electrons. The highest BCUT2D eigenvalue weighted by Gasteiger charge is 2.11. The van der Waals surface area contributed by atoms with E-state index in [2.05, 4.69) is 4.98 Å². The molecule has 1 aromatic heterocycles. The summed E-state index contributed by atoms with van der Waals surface area (Å²) in [6, 6.07) is 5.02. The second kappa shape index (κ2) is 3.98. The molecule has 0 saturated heterocycles. The van der Waals surface area contributed by atoms with Crippen LogP contribution in [0.5, 0.6) is 0 Å².